The van der Waals surface area contributed by atoms with Gasteiger partial charge in [0.05, 0.1) is 6.42 Å². The van der Waals surface area contributed by atoms with E-state index in [4.69, 9.17) is 9.47 Å². The Morgan fingerprint density at radius 3 is 2.79 bits per heavy atom. The first-order valence-corrected chi connectivity index (χ1v) is 4.85. The predicted octanol–water partition coefficient (Wildman–Crippen LogP) is 1.48. The van der Waals surface area contributed by atoms with Crippen LogP contribution in [0.4, 0.5) is 0 Å². The van der Waals surface area contributed by atoms with E-state index in [0.29, 0.717) is 12.3 Å². The molecule has 0 aromatic heterocycles. The molecule has 1 heterocycles. The molecule has 1 rings (SSSR count). The van der Waals surface area contributed by atoms with E-state index >= 15 is 0 Å². The molecular weight excluding hydrogens is 184 g/mol. The van der Waals surface area contributed by atoms with Crippen molar-refractivity contribution in [2.75, 3.05) is 0 Å². The van der Waals surface area contributed by atoms with E-state index in [9.17, 15) is 9.59 Å². The van der Waals surface area contributed by atoms with Crippen molar-refractivity contribution in [1.82, 2.24) is 0 Å². The van der Waals surface area contributed by atoms with E-state index < -0.39 is 12.3 Å². The van der Waals surface area contributed by atoms with Gasteiger partial charge in [-0.3, -0.25) is 9.59 Å². The monoisotopic (exact) mass is 200 g/mol. The Bertz CT molecular complexity index is 234. The summed E-state index contributed by atoms with van der Waals surface area (Å²) in [5.74, 6) is -0.195. The zero-order valence-corrected chi connectivity index (χ0v) is 8.78. The number of carbonyl (C=O) groups is 2. The molecule has 0 bridgehead atoms. The van der Waals surface area contributed by atoms with Crippen molar-refractivity contribution in [3.63, 3.8) is 0 Å². The molecule has 0 aromatic rings. The van der Waals surface area contributed by atoms with Crippen LogP contribution in [0.25, 0.3) is 0 Å². The van der Waals surface area contributed by atoms with Crippen LogP contribution in [0.15, 0.2) is 0 Å². The van der Waals surface area contributed by atoms with Gasteiger partial charge in [0.15, 0.2) is 0 Å². The summed E-state index contributed by atoms with van der Waals surface area (Å²) < 4.78 is 9.82. The summed E-state index contributed by atoms with van der Waals surface area (Å²) in [4.78, 5) is 21.7. The average Bonchev–Trinajstić information content (AvgIpc) is 2.28. The Balaban J connectivity index is 2.53. The van der Waals surface area contributed by atoms with E-state index in [1.165, 1.54) is 6.92 Å². The Morgan fingerprint density at radius 2 is 2.29 bits per heavy atom. The smallest absolute Gasteiger partial charge is 0.309 e. The van der Waals surface area contributed by atoms with Crippen LogP contribution in [0.3, 0.4) is 0 Å². The van der Waals surface area contributed by atoms with Crippen LogP contribution in [-0.4, -0.2) is 18.2 Å². The molecular formula is C10H16O4. The van der Waals surface area contributed by atoms with Crippen LogP contribution in [-0.2, 0) is 19.1 Å². The van der Waals surface area contributed by atoms with Gasteiger partial charge in [-0.2, -0.15) is 0 Å². The number of cyclic esters (lactones) is 1. The van der Waals surface area contributed by atoms with E-state index in [-0.39, 0.29) is 11.9 Å². The number of ether oxygens (including phenoxy) is 2. The molecule has 0 aliphatic carbocycles. The first-order chi connectivity index (χ1) is 6.49. The Hall–Kier alpha value is -1.06. The predicted molar refractivity (Wildman–Crippen MR) is 49.2 cm³/mol. The highest BCUT2D eigenvalue weighted by molar-refractivity contribution is 5.73. The SMILES string of the molecule is CC(=O)OC1OC(=O)CC1CC(C)C. The van der Waals surface area contributed by atoms with Gasteiger partial charge < -0.3 is 9.47 Å². The maximum absolute atomic E-state index is 11.0. The number of rotatable bonds is 3. The molecule has 0 radical (unpaired) electrons. The molecule has 2 unspecified atom stereocenters. The highest BCUT2D eigenvalue weighted by Crippen LogP contribution is 2.28. The summed E-state index contributed by atoms with van der Waals surface area (Å²) in [5.41, 5.74) is 0. The number of esters is 2. The summed E-state index contributed by atoms with van der Waals surface area (Å²) in [7, 11) is 0. The molecule has 4 heteroatoms. The molecule has 0 amide bonds. The van der Waals surface area contributed by atoms with Crippen LogP contribution in [0, 0.1) is 11.8 Å². The van der Waals surface area contributed by atoms with Gasteiger partial charge in [0, 0.05) is 12.8 Å². The third kappa shape index (κ3) is 3.01. The van der Waals surface area contributed by atoms with Crippen LogP contribution in [0.2, 0.25) is 0 Å². The molecule has 4 nitrogen and oxygen atoms in total. The molecule has 1 aliphatic heterocycles. The summed E-state index contributed by atoms with van der Waals surface area (Å²) in [6, 6.07) is 0. The molecule has 80 valence electrons. The van der Waals surface area contributed by atoms with Gasteiger partial charge in [-0.15, -0.1) is 0 Å². The maximum Gasteiger partial charge on any atom is 0.309 e. The largest absolute Gasteiger partial charge is 0.425 e. The third-order valence-corrected chi connectivity index (χ3v) is 2.12. The average molecular weight is 200 g/mol. The summed E-state index contributed by atoms with van der Waals surface area (Å²) in [6.45, 7) is 5.44. The standard InChI is InChI=1S/C10H16O4/c1-6(2)4-8-5-9(12)14-10(8)13-7(3)11/h6,8,10H,4-5H2,1-3H3. The molecule has 1 fully saturated rings. The van der Waals surface area contributed by atoms with Crippen molar-refractivity contribution in [1.29, 1.82) is 0 Å². The molecule has 0 spiro atoms. The number of hydrogen-bond acceptors (Lipinski definition) is 4. The summed E-state index contributed by atoms with van der Waals surface area (Å²) in [5, 5.41) is 0. The lowest BCUT2D eigenvalue weighted by molar-refractivity contribution is -0.180. The van der Waals surface area contributed by atoms with Crippen molar-refractivity contribution in [3.05, 3.63) is 0 Å². The van der Waals surface area contributed by atoms with E-state index in [1.54, 1.807) is 0 Å². The molecule has 1 saturated heterocycles. The van der Waals surface area contributed by atoms with E-state index in [0.717, 1.165) is 6.42 Å². The van der Waals surface area contributed by atoms with Gasteiger partial charge in [-0.05, 0) is 12.3 Å². The molecule has 2 atom stereocenters. The van der Waals surface area contributed by atoms with Crippen molar-refractivity contribution in [3.8, 4) is 0 Å². The molecule has 0 aromatic carbocycles. The lowest BCUT2D eigenvalue weighted by Crippen LogP contribution is -2.23. The molecule has 1 aliphatic rings. The van der Waals surface area contributed by atoms with Crippen LogP contribution >= 0.6 is 0 Å². The summed E-state index contributed by atoms with van der Waals surface area (Å²) in [6.07, 6.45) is 0.530. The highest BCUT2D eigenvalue weighted by Gasteiger charge is 2.37. The van der Waals surface area contributed by atoms with Gasteiger partial charge in [-0.25, -0.2) is 0 Å². The summed E-state index contributed by atoms with van der Waals surface area (Å²) >= 11 is 0. The van der Waals surface area contributed by atoms with Crippen molar-refractivity contribution in [2.45, 2.75) is 39.9 Å². The normalized spacial score (nSPS) is 26.4. The zero-order valence-electron chi connectivity index (χ0n) is 8.78. The van der Waals surface area contributed by atoms with E-state index in [1.807, 2.05) is 0 Å². The van der Waals surface area contributed by atoms with Crippen LogP contribution in [0.1, 0.15) is 33.6 Å². The minimum absolute atomic E-state index is 0.0198. The van der Waals surface area contributed by atoms with Crippen LogP contribution < -0.4 is 0 Å². The van der Waals surface area contributed by atoms with Gasteiger partial charge in [-0.1, -0.05) is 13.8 Å². The third-order valence-electron chi connectivity index (χ3n) is 2.12. The lowest BCUT2D eigenvalue weighted by Gasteiger charge is -2.18. The fourth-order valence-electron chi connectivity index (χ4n) is 1.67. The number of hydrogen-bond donors (Lipinski definition) is 0. The molecule has 14 heavy (non-hydrogen) atoms. The van der Waals surface area contributed by atoms with Gasteiger partial charge in [0.1, 0.15) is 0 Å². The van der Waals surface area contributed by atoms with Crippen molar-refractivity contribution >= 4 is 11.9 Å². The minimum Gasteiger partial charge on any atom is -0.425 e. The Labute approximate surface area is 83.6 Å². The van der Waals surface area contributed by atoms with E-state index in [2.05, 4.69) is 13.8 Å². The number of carbonyl (C=O) groups excluding carboxylic acids is 2. The zero-order chi connectivity index (χ0) is 10.7. The second-order valence-corrected chi connectivity index (χ2v) is 4.06. The second-order valence-electron chi connectivity index (χ2n) is 4.06. The quantitative estimate of drug-likeness (QED) is 0.647. The molecule has 0 N–H and O–H groups in total. The van der Waals surface area contributed by atoms with Gasteiger partial charge in [0.2, 0.25) is 0 Å². The molecule has 0 saturated carbocycles. The topological polar surface area (TPSA) is 52.6 Å². The maximum atomic E-state index is 11.0. The highest BCUT2D eigenvalue weighted by atomic mass is 16.7. The van der Waals surface area contributed by atoms with Crippen molar-refractivity contribution in [2.24, 2.45) is 11.8 Å². The fourth-order valence-corrected chi connectivity index (χ4v) is 1.67. The van der Waals surface area contributed by atoms with Crippen molar-refractivity contribution < 1.29 is 19.1 Å². The lowest BCUT2D eigenvalue weighted by atomic mass is 9.95. The van der Waals surface area contributed by atoms with Crippen LogP contribution in [0.5, 0.6) is 0 Å². The fraction of sp³-hybridized carbons (Fsp3) is 0.800. The van der Waals surface area contributed by atoms with Gasteiger partial charge in [0.25, 0.3) is 6.29 Å². The Kier molecular flexibility index (Phi) is 3.49. The minimum atomic E-state index is -0.664. The first-order valence-electron chi connectivity index (χ1n) is 4.85. The second kappa shape index (κ2) is 4.44. The van der Waals surface area contributed by atoms with Gasteiger partial charge >= 0.3 is 11.9 Å². The first kappa shape index (κ1) is 11.0. The Morgan fingerprint density at radius 1 is 1.64 bits per heavy atom.